The highest BCUT2D eigenvalue weighted by atomic mass is 32.2. The van der Waals surface area contributed by atoms with Crippen LogP contribution < -0.4 is 4.72 Å². The average molecular weight is 300 g/mol. The second kappa shape index (κ2) is 5.39. The van der Waals surface area contributed by atoms with Crippen LogP contribution in [0.15, 0.2) is 19.9 Å². The molecule has 0 saturated heterocycles. The van der Waals surface area contributed by atoms with Crippen LogP contribution >= 0.6 is 0 Å². The van der Waals surface area contributed by atoms with E-state index in [2.05, 4.69) is 9.88 Å². The van der Waals surface area contributed by atoms with Crippen molar-refractivity contribution in [1.82, 2.24) is 9.88 Å². The number of aliphatic hydroxyl groups is 1. The van der Waals surface area contributed by atoms with E-state index < -0.39 is 10.0 Å². The summed E-state index contributed by atoms with van der Waals surface area (Å²) in [6.07, 6.45) is 0. The van der Waals surface area contributed by atoms with E-state index in [-0.39, 0.29) is 29.6 Å². The van der Waals surface area contributed by atoms with Gasteiger partial charge in [0.05, 0.1) is 5.69 Å². The molecule has 0 aliphatic heterocycles. The number of rotatable bonds is 5. The second-order valence-electron chi connectivity index (χ2n) is 4.42. The van der Waals surface area contributed by atoms with Crippen LogP contribution in [-0.2, 0) is 23.2 Å². The second-order valence-corrected chi connectivity index (χ2v) is 6.15. The molecule has 2 heterocycles. The van der Waals surface area contributed by atoms with Gasteiger partial charge < -0.3 is 14.0 Å². The van der Waals surface area contributed by atoms with Gasteiger partial charge in [-0.15, -0.1) is 0 Å². The van der Waals surface area contributed by atoms with Crippen molar-refractivity contribution in [3.05, 3.63) is 34.6 Å². The first-order valence-corrected chi connectivity index (χ1v) is 7.45. The van der Waals surface area contributed by atoms with Gasteiger partial charge in [0.2, 0.25) is 10.0 Å². The first kappa shape index (κ1) is 14.8. The summed E-state index contributed by atoms with van der Waals surface area (Å²) in [5.74, 6) is 1.02. The fourth-order valence-electron chi connectivity index (χ4n) is 1.87. The van der Waals surface area contributed by atoms with E-state index in [1.54, 1.807) is 13.8 Å². The van der Waals surface area contributed by atoms with Crippen LogP contribution in [0.3, 0.4) is 0 Å². The summed E-state index contributed by atoms with van der Waals surface area (Å²) < 4.78 is 37.0. The summed E-state index contributed by atoms with van der Waals surface area (Å²) >= 11 is 0. The highest BCUT2D eigenvalue weighted by Crippen LogP contribution is 2.21. The molecule has 0 atom stereocenters. The normalized spacial score (nSPS) is 12.0. The molecule has 0 saturated carbocycles. The highest BCUT2D eigenvalue weighted by molar-refractivity contribution is 7.89. The molecule has 2 rings (SSSR count). The SMILES string of the molecule is Cc1noc(C)c1CNS(=O)(=O)c1cc(CO)oc1C. The zero-order valence-electron chi connectivity index (χ0n) is 11.4. The van der Waals surface area contributed by atoms with E-state index >= 15 is 0 Å². The Morgan fingerprint density at radius 2 is 2.00 bits per heavy atom. The van der Waals surface area contributed by atoms with E-state index in [0.29, 0.717) is 17.0 Å². The van der Waals surface area contributed by atoms with Crippen molar-refractivity contribution in [2.24, 2.45) is 0 Å². The molecule has 2 aromatic rings. The monoisotopic (exact) mass is 300 g/mol. The molecule has 2 aromatic heterocycles. The van der Waals surface area contributed by atoms with Crippen molar-refractivity contribution in [1.29, 1.82) is 0 Å². The number of nitrogens with zero attached hydrogens (tertiary/aromatic N) is 1. The maximum atomic E-state index is 12.2. The molecule has 0 aromatic carbocycles. The molecule has 0 aliphatic carbocycles. The number of aromatic nitrogens is 1. The predicted molar refractivity (Wildman–Crippen MR) is 69.4 cm³/mol. The quantitative estimate of drug-likeness (QED) is 0.858. The van der Waals surface area contributed by atoms with E-state index in [0.717, 1.165) is 0 Å². The molecule has 0 radical (unpaired) electrons. The summed E-state index contributed by atoms with van der Waals surface area (Å²) in [7, 11) is -3.71. The number of hydrogen-bond acceptors (Lipinski definition) is 6. The van der Waals surface area contributed by atoms with Crippen LogP contribution in [0.5, 0.6) is 0 Å². The predicted octanol–water partition coefficient (Wildman–Crippen LogP) is 1.16. The Bertz CT molecular complexity index is 695. The minimum atomic E-state index is -3.71. The van der Waals surface area contributed by atoms with Gasteiger partial charge in [0.25, 0.3) is 0 Å². The lowest BCUT2D eigenvalue weighted by atomic mass is 10.2. The minimum absolute atomic E-state index is 0.0216. The van der Waals surface area contributed by atoms with Crippen molar-refractivity contribution < 1.29 is 22.5 Å². The number of sulfonamides is 1. The largest absolute Gasteiger partial charge is 0.462 e. The molecular formula is C12H16N2O5S. The number of aryl methyl sites for hydroxylation is 3. The van der Waals surface area contributed by atoms with Crippen LogP contribution in [-0.4, -0.2) is 18.7 Å². The third-order valence-electron chi connectivity index (χ3n) is 2.99. The number of hydrogen-bond donors (Lipinski definition) is 2. The number of nitrogens with one attached hydrogen (secondary N) is 1. The van der Waals surface area contributed by atoms with Gasteiger partial charge >= 0.3 is 0 Å². The lowest BCUT2D eigenvalue weighted by Gasteiger charge is -2.05. The molecule has 8 heteroatoms. The van der Waals surface area contributed by atoms with E-state index in [9.17, 15) is 8.42 Å². The Balaban J connectivity index is 2.21. The zero-order chi connectivity index (χ0) is 14.9. The Hall–Kier alpha value is -1.64. The van der Waals surface area contributed by atoms with Crippen LogP contribution in [0.4, 0.5) is 0 Å². The molecular weight excluding hydrogens is 284 g/mol. The number of furan rings is 1. The summed E-state index contributed by atoms with van der Waals surface area (Å²) in [5, 5.41) is 12.7. The van der Waals surface area contributed by atoms with Gasteiger partial charge in [-0.3, -0.25) is 0 Å². The van der Waals surface area contributed by atoms with Crippen molar-refractivity contribution in [3.63, 3.8) is 0 Å². The summed E-state index contributed by atoms with van der Waals surface area (Å²) in [6.45, 7) is 4.73. The fraction of sp³-hybridized carbons (Fsp3) is 0.417. The molecule has 0 bridgehead atoms. The van der Waals surface area contributed by atoms with Crippen molar-refractivity contribution >= 4 is 10.0 Å². The molecule has 0 spiro atoms. The van der Waals surface area contributed by atoms with Crippen molar-refractivity contribution in [2.75, 3.05) is 0 Å². The Kier molecular flexibility index (Phi) is 3.98. The van der Waals surface area contributed by atoms with Gasteiger partial charge in [0.15, 0.2) is 0 Å². The van der Waals surface area contributed by atoms with Crippen molar-refractivity contribution in [2.45, 2.75) is 38.8 Å². The summed E-state index contributed by atoms with van der Waals surface area (Å²) in [5.41, 5.74) is 1.35. The third-order valence-corrected chi connectivity index (χ3v) is 4.50. The van der Waals surface area contributed by atoms with Crippen LogP contribution in [0.25, 0.3) is 0 Å². The molecule has 0 amide bonds. The molecule has 110 valence electrons. The van der Waals surface area contributed by atoms with Gasteiger partial charge in [0, 0.05) is 18.2 Å². The van der Waals surface area contributed by atoms with Gasteiger partial charge in [-0.25, -0.2) is 13.1 Å². The smallest absolute Gasteiger partial charge is 0.244 e. The van der Waals surface area contributed by atoms with E-state index in [1.807, 2.05) is 0 Å². The third kappa shape index (κ3) is 2.77. The minimum Gasteiger partial charge on any atom is -0.462 e. The average Bonchev–Trinajstić information content (AvgIpc) is 2.92. The summed E-state index contributed by atoms with van der Waals surface area (Å²) in [4.78, 5) is 0.0216. The first-order valence-electron chi connectivity index (χ1n) is 5.96. The molecule has 0 fully saturated rings. The molecule has 0 aliphatic rings. The maximum Gasteiger partial charge on any atom is 0.244 e. The maximum absolute atomic E-state index is 12.2. The molecule has 2 N–H and O–H groups in total. The summed E-state index contributed by atoms with van der Waals surface area (Å²) in [6, 6.07) is 1.31. The van der Waals surface area contributed by atoms with Crippen LogP contribution in [0.2, 0.25) is 0 Å². The van der Waals surface area contributed by atoms with E-state index in [1.165, 1.54) is 13.0 Å². The highest BCUT2D eigenvalue weighted by Gasteiger charge is 2.22. The van der Waals surface area contributed by atoms with Crippen LogP contribution in [0, 0.1) is 20.8 Å². The van der Waals surface area contributed by atoms with Crippen LogP contribution in [0.1, 0.15) is 28.5 Å². The van der Waals surface area contributed by atoms with Gasteiger partial charge in [-0.05, 0) is 20.8 Å². The lowest BCUT2D eigenvalue weighted by Crippen LogP contribution is -2.24. The van der Waals surface area contributed by atoms with Gasteiger partial charge in [-0.2, -0.15) is 0 Å². The number of aliphatic hydroxyl groups excluding tert-OH is 1. The van der Waals surface area contributed by atoms with E-state index in [4.69, 9.17) is 14.0 Å². The van der Waals surface area contributed by atoms with Crippen molar-refractivity contribution in [3.8, 4) is 0 Å². The lowest BCUT2D eigenvalue weighted by molar-refractivity contribution is 0.244. The Morgan fingerprint density at radius 1 is 1.30 bits per heavy atom. The van der Waals surface area contributed by atoms with Gasteiger partial charge in [0.1, 0.15) is 28.8 Å². The molecule has 7 nitrogen and oxygen atoms in total. The zero-order valence-corrected chi connectivity index (χ0v) is 12.2. The molecule has 20 heavy (non-hydrogen) atoms. The van der Waals surface area contributed by atoms with Gasteiger partial charge in [-0.1, -0.05) is 5.16 Å². The fourth-order valence-corrected chi connectivity index (χ4v) is 3.06. The Morgan fingerprint density at radius 3 is 2.50 bits per heavy atom. The topological polar surface area (TPSA) is 106 Å². The molecule has 0 unspecified atom stereocenters. The Labute approximate surface area is 116 Å². The standard InChI is InChI=1S/C12H16N2O5S/c1-7-11(8(2)19-14-7)5-13-20(16,17)12-4-10(6-15)18-9(12)3/h4,13,15H,5-6H2,1-3H3. The first-order chi connectivity index (χ1) is 9.35.